The number of aromatic carboxylic acids is 1. The number of carbonyl (C=O) groups is 1. The van der Waals surface area contributed by atoms with Gasteiger partial charge in [-0.25, -0.2) is 9.18 Å². The molecule has 26 heavy (non-hydrogen) atoms. The van der Waals surface area contributed by atoms with Crippen LogP contribution in [0.2, 0.25) is 0 Å². The first-order valence-corrected chi connectivity index (χ1v) is 8.16. The Morgan fingerprint density at radius 2 is 1.69 bits per heavy atom. The summed E-state index contributed by atoms with van der Waals surface area (Å²) < 4.78 is 20.1. The van der Waals surface area contributed by atoms with Crippen molar-refractivity contribution in [1.29, 1.82) is 0 Å². The molecule has 0 aliphatic rings. The molecule has 0 aliphatic heterocycles. The molecule has 134 valence electrons. The van der Waals surface area contributed by atoms with Crippen LogP contribution in [-0.4, -0.2) is 21.2 Å². The van der Waals surface area contributed by atoms with Crippen LogP contribution in [0.15, 0.2) is 22.7 Å². The summed E-state index contributed by atoms with van der Waals surface area (Å²) in [5, 5.41) is 13.3. The predicted octanol–water partition coefficient (Wildman–Crippen LogP) is 4.78. The van der Waals surface area contributed by atoms with Crippen LogP contribution in [0.3, 0.4) is 0 Å². The summed E-state index contributed by atoms with van der Waals surface area (Å²) in [5.41, 5.74) is 4.48. The van der Waals surface area contributed by atoms with Gasteiger partial charge in [0.05, 0.1) is 11.1 Å². The summed E-state index contributed by atoms with van der Waals surface area (Å²) in [6.45, 7) is 8.87. The summed E-state index contributed by atoms with van der Waals surface area (Å²) in [7, 11) is 0. The van der Waals surface area contributed by atoms with Gasteiger partial charge >= 0.3 is 5.97 Å². The molecule has 5 nitrogen and oxygen atoms in total. The van der Waals surface area contributed by atoms with Gasteiger partial charge in [-0.2, -0.15) is 4.98 Å². The van der Waals surface area contributed by atoms with E-state index < -0.39 is 5.97 Å². The van der Waals surface area contributed by atoms with Gasteiger partial charge < -0.3 is 9.63 Å². The highest BCUT2D eigenvalue weighted by molar-refractivity contribution is 5.92. The van der Waals surface area contributed by atoms with Crippen molar-refractivity contribution in [2.45, 2.75) is 34.6 Å². The van der Waals surface area contributed by atoms with Gasteiger partial charge in [-0.05, 0) is 68.5 Å². The van der Waals surface area contributed by atoms with Crippen LogP contribution in [0.1, 0.15) is 38.2 Å². The zero-order chi connectivity index (χ0) is 19.2. The number of carboxylic acid groups (broad SMARTS) is 1. The highest BCUT2D eigenvalue weighted by atomic mass is 19.1. The number of aryl methyl sites for hydroxylation is 3. The lowest BCUT2D eigenvalue weighted by Crippen LogP contribution is -2.03. The van der Waals surface area contributed by atoms with Crippen LogP contribution < -0.4 is 0 Å². The van der Waals surface area contributed by atoms with E-state index in [-0.39, 0.29) is 28.7 Å². The van der Waals surface area contributed by atoms with E-state index in [9.17, 15) is 14.3 Å². The van der Waals surface area contributed by atoms with E-state index >= 15 is 0 Å². The zero-order valence-corrected chi connectivity index (χ0v) is 15.3. The third-order valence-electron chi connectivity index (χ3n) is 4.73. The highest BCUT2D eigenvalue weighted by Crippen LogP contribution is 2.33. The van der Waals surface area contributed by atoms with Gasteiger partial charge in [-0.15, -0.1) is 0 Å². The number of aromatic nitrogens is 2. The maximum atomic E-state index is 14.7. The lowest BCUT2D eigenvalue weighted by atomic mass is 9.97. The molecular formula is C20H19FN2O3. The first-order valence-electron chi connectivity index (χ1n) is 8.16. The van der Waals surface area contributed by atoms with E-state index in [1.165, 1.54) is 0 Å². The van der Waals surface area contributed by atoms with E-state index in [4.69, 9.17) is 4.52 Å². The molecule has 0 amide bonds. The Hall–Kier alpha value is -3.02. The molecule has 0 saturated carbocycles. The van der Waals surface area contributed by atoms with Crippen LogP contribution >= 0.6 is 0 Å². The third-order valence-corrected chi connectivity index (χ3v) is 4.73. The second-order valence-corrected chi connectivity index (χ2v) is 6.48. The summed E-state index contributed by atoms with van der Waals surface area (Å²) in [6.07, 6.45) is 0. The largest absolute Gasteiger partial charge is 0.478 e. The Balaban J connectivity index is 2.18. The van der Waals surface area contributed by atoms with Crippen LogP contribution in [0, 0.1) is 40.4 Å². The molecule has 0 spiro atoms. The highest BCUT2D eigenvalue weighted by Gasteiger charge is 2.22. The maximum Gasteiger partial charge on any atom is 0.335 e. The molecule has 1 aromatic heterocycles. The normalized spacial score (nSPS) is 11.0. The number of halogens is 1. The molecule has 0 radical (unpaired) electrons. The average molecular weight is 354 g/mol. The molecule has 0 aliphatic carbocycles. The second kappa shape index (κ2) is 6.37. The smallest absolute Gasteiger partial charge is 0.335 e. The summed E-state index contributed by atoms with van der Waals surface area (Å²) >= 11 is 0. The van der Waals surface area contributed by atoms with E-state index in [1.54, 1.807) is 32.9 Å². The van der Waals surface area contributed by atoms with Gasteiger partial charge in [0.25, 0.3) is 5.89 Å². The monoisotopic (exact) mass is 354 g/mol. The fourth-order valence-corrected chi connectivity index (χ4v) is 3.15. The molecule has 0 bridgehead atoms. The Bertz CT molecular complexity index is 1040. The SMILES string of the molecule is Cc1cc(C)c(-c2nc(-c3c(C)ccc(C(=O)O)c3C)no2)c(F)c1C. The first kappa shape index (κ1) is 17.8. The summed E-state index contributed by atoms with van der Waals surface area (Å²) in [6, 6.07) is 5.12. The van der Waals surface area contributed by atoms with E-state index in [2.05, 4.69) is 10.1 Å². The van der Waals surface area contributed by atoms with Crippen molar-refractivity contribution >= 4 is 5.97 Å². The number of nitrogens with zero attached hydrogens (tertiary/aromatic N) is 2. The number of benzene rings is 2. The number of rotatable bonds is 3. The summed E-state index contributed by atoms with van der Waals surface area (Å²) in [4.78, 5) is 15.7. The van der Waals surface area contributed by atoms with E-state index in [0.29, 0.717) is 22.3 Å². The van der Waals surface area contributed by atoms with Gasteiger partial charge in [0, 0.05) is 5.56 Å². The summed E-state index contributed by atoms with van der Waals surface area (Å²) in [5.74, 6) is -1.08. The predicted molar refractivity (Wildman–Crippen MR) is 95.8 cm³/mol. The van der Waals surface area contributed by atoms with Gasteiger partial charge in [-0.1, -0.05) is 17.3 Å². The molecule has 2 aromatic carbocycles. The van der Waals surface area contributed by atoms with Gasteiger partial charge in [0.1, 0.15) is 5.82 Å². The van der Waals surface area contributed by atoms with Gasteiger partial charge in [0.2, 0.25) is 5.82 Å². The lowest BCUT2D eigenvalue weighted by molar-refractivity contribution is 0.0696. The Morgan fingerprint density at radius 1 is 1.00 bits per heavy atom. The molecule has 3 rings (SSSR count). The van der Waals surface area contributed by atoms with E-state index in [0.717, 1.165) is 11.1 Å². The Labute approximate surface area is 150 Å². The molecular weight excluding hydrogens is 335 g/mol. The van der Waals surface area contributed by atoms with Crippen molar-refractivity contribution < 1.29 is 18.8 Å². The minimum atomic E-state index is -1.02. The average Bonchev–Trinajstić information content (AvgIpc) is 3.01. The molecule has 0 atom stereocenters. The van der Waals surface area contributed by atoms with Crippen LogP contribution in [0.25, 0.3) is 22.8 Å². The van der Waals surface area contributed by atoms with Crippen LogP contribution in [0.4, 0.5) is 4.39 Å². The molecule has 1 heterocycles. The van der Waals surface area contributed by atoms with Crippen molar-refractivity contribution in [2.75, 3.05) is 0 Å². The molecule has 0 unspecified atom stereocenters. The van der Waals surface area contributed by atoms with Crippen molar-refractivity contribution in [2.24, 2.45) is 0 Å². The fraction of sp³-hybridized carbons (Fsp3) is 0.250. The topological polar surface area (TPSA) is 76.2 Å². The zero-order valence-electron chi connectivity index (χ0n) is 15.3. The molecule has 0 fully saturated rings. The minimum absolute atomic E-state index is 0.0811. The van der Waals surface area contributed by atoms with Crippen LogP contribution in [0.5, 0.6) is 0 Å². The quantitative estimate of drug-likeness (QED) is 0.732. The van der Waals surface area contributed by atoms with Gasteiger partial charge in [0.15, 0.2) is 0 Å². The van der Waals surface area contributed by atoms with Crippen molar-refractivity contribution in [3.05, 3.63) is 57.4 Å². The number of hydrogen-bond donors (Lipinski definition) is 1. The van der Waals surface area contributed by atoms with Crippen LogP contribution in [-0.2, 0) is 0 Å². The lowest BCUT2D eigenvalue weighted by Gasteiger charge is -2.09. The van der Waals surface area contributed by atoms with Crippen molar-refractivity contribution in [3.63, 3.8) is 0 Å². The minimum Gasteiger partial charge on any atom is -0.478 e. The molecule has 6 heteroatoms. The van der Waals surface area contributed by atoms with E-state index in [1.807, 2.05) is 19.9 Å². The molecule has 3 aromatic rings. The Morgan fingerprint density at radius 3 is 2.35 bits per heavy atom. The third kappa shape index (κ3) is 2.77. The molecule has 0 saturated heterocycles. The number of carboxylic acids is 1. The van der Waals surface area contributed by atoms with Gasteiger partial charge in [-0.3, -0.25) is 0 Å². The second-order valence-electron chi connectivity index (χ2n) is 6.48. The fourth-order valence-electron chi connectivity index (χ4n) is 3.15. The first-order chi connectivity index (χ1) is 12.2. The number of hydrogen-bond acceptors (Lipinski definition) is 4. The van der Waals surface area contributed by atoms with Crippen molar-refractivity contribution in [1.82, 2.24) is 10.1 Å². The maximum absolute atomic E-state index is 14.7. The van der Waals surface area contributed by atoms with Crippen molar-refractivity contribution in [3.8, 4) is 22.8 Å². The Kier molecular flexibility index (Phi) is 4.36. The molecule has 1 N–H and O–H groups in total. The standard InChI is InChI=1S/C20H19FN2O3/c1-9-6-7-14(20(24)25)13(5)15(9)18-22-19(26-23-18)16-11(3)8-10(2)12(4)17(16)21/h6-8H,1-5H3,(H,24,25).